The Morgan fingerprint density at radius 2 is 2.30 bits per heavy atom. The molecule has 0 aliphatic carbocycles. The van der Waals surface area contributed by atoms with Gasteiger partial charge in [-0.25, -0.2) is 9.97 Å². The average molecular weight is 311 g/mol. The summed E-state index contributed by atoms with van der Waals surface area (Å²) in [5.74, 6) is 0.440. The Balaban J connectivity index is 1.95. The van der Waals surface area contributed by atoms with Gasteiger partial charge in [-0.3, -0.25) is 4.79 Å². The number of aromatic nitrogens is 2. The summed E-state index contributed by atoms with van der Waals surface area (Å²) in [6.45, 7) is 3.23. The van der Waals surface area contributed by atoms with Crippen molar-refractivity contribution in [2.24, 2.45) is 0 Å². The van der Waals surface area contributed by atoms with Crippen LogP contribution in [0.25, 0.3) is 0 Å². The first-order chi connectivity index (χ1) is 9.70. The van der Waals surface area contributed by atoms with Crippen molar-refractivity contribution in [3.05, 3.63) is 39.4 Å². The van der Waals surface area contributed by atoms with Gasteiger partial charge in [0.05, 0.1) is 15.6 Å². The molecule has 0 aliphatic heterocycles. The number of thiazole rings is 1. The number of pyridine rings is 1. The molecule has 2 heterocycles. The summed E-state index contributed by atoms with van der Waals surface area (Å²) in [6.07, 6.45) is 3.95. The average Bonchev–Trinajstić information content (AvgIpc) is 2.94. The van der Waals surface area contributed by atoms with Gasteiger partial charge >= 0.3 is 0 Å². The molecule has 2 rings (SSSR count). The van der Waals surface area contributed by atoms with E-state index in [1.807, 2.05) is 12.3 Å². The number of hydrogen-bond donors (Lipinski definition) is 2. The fourth-order valence-electron chi connectivity index (χ4n) is 1.65. The highest BCUT2D eigenvalue weighted by Gasteiger charge is 2.11. The van der Waals surface area contributed by atoms with Crippen LogP contribution in [0.5, 0.6) is 0 Å². The minimum absolute atomic E-state index is 0.201. The third kappa shape index (κ3) is 3.91. The van der Waals surface area contributed by atoms with Gasteiger partial charge in [0.1, 0.15) is 5.82 Å². The van der Waals surface area contributed by atoms with Crippen molar-refractivity contribution in [3.63, 3.8) is 0 Å². The Bertz CT molecular complexity index is 574. The molecule has 0 fully saturated rings. The third-order valence-electron chi connectivity index (χ3n) is 2.57. The van der Waals surface area contributed by atoms with E-state index in [2.05, 4.69) is 20.6 Å². The summed E-state index contributed by atoms with van der Waals surface area (Å²) in [5, 5.41) is 9.15. The Morgan fingerprint density at radius 3 is 3.00 bits per heavy atom. The molecule has 0 aliphatic rings. The van der Waals surface area contributed by atoms with Crippen molar-refractivity contribution in [2.75, 3.05) is 18.4 Å². The van der Waals surface area contributed by atoms with Gasteiger partial charge in [-0.05, 0) is 13.0 Å². The Morgan fingerprint density at radius 1 is 1.45 bits per heavy atom. The molecule has 2 N–H and O–H groups in total. The lowest BCUT2D eigenvalue weighted by Crippen LogP contribution is -2.26. The highest BCUT2D eigenvalue weighted by molar-refractivity contribution is 7.09. The summed E-state index contributed by atoms with van der Waals surface area (Å²) in [5.41, 5.74) is 0.428. The molecule has 1 amide bonds. The summed E-state index contributed by atoms with van der Waals surface area (Å²) < 4.78 is 0. The van der Waals surface area contributed by atoms with Crippen molar-refractivity contribution in [1.82, 2.24) is 15.3 Å². The van der Waals surface area contributed by atoms with Crippen LogP contribution in [-0.4, -0.2) is 29.0 Å². The maximum atomic E-state index is 12.1. The van der Waals surface area contributed by atoms with Crippen LogP contribution in [0.3, 0.4) is 0 Å². The predicted molar refractivity (Wildman–Crippen MR) is 81.6 cm³/mol. The molecule has 0 saturated carbocycles. The predicted octanol–water partition coefficient (Wildman–Crippen LogP) is 2.60. The number of nitrogens with one attached hydrogen (secondary N) is 2. The summed E-state index contributed by atoms with van der Waals surface area (Å²) in [6, 6.07) is 1.66. The zero-order chi connectivity index (χ0) is 14.4. The van der Waals surface area contributed by atoms with E-state index in [4.69, 9.17) is 11.6 Å². The van der Waals surface area contributed by atoms with Gasteiger partial charge in [-0.2, -0.15) is 0 Å². The Hall–Kier alpha value is -1.66. The molecule has 7 heteroatoms. The van der Waals surface area contributed by atoms with Gasteiger partial charge < -0.3 is 10.6 Å². The summed E-state index contributed by atoms with van der Waals surface area (Å²) in [7, 11) is 0. The van der Waals surface area contributed by atoms with E-state index in [0.717, 1.165) is 11.6 Å². The Kier molecular flexibility index (Phi) is 5.31. The second kappa shape index (κ2) is 7.21. The number of amides is 1. The molecule has 0 radical (unpaired) electrons. The molecule has 0 aromatic carbocycles. The topological polar surface area (TPSA) is 66.9 Å². The second-order valence-electron chi connectivity index (χ2n) is 4.01. The van der Waals surface area contributed by atoms with Crippen LogP contribution in [-0.2, 0) is 6.42 Å². The molecular formula is C13H15ClN4OS. The fourth-order valence-corrected chi connectivity index (χ4v) is 2.45. The Labute approximate surface area is 126 Å². The number of carbonyl (C=O) groups is 1. The van der Waals surface area contributed by atoms with Crippen LogP contribution in [0.2, 0.25) is 5.02 Å². The second-order valence-corrected chi connectivity index (χ2v) is 5.40. The summed E-state index contributed by atoms with van der Waals surface area (Å²) >= 11 is 7.58. The quantitative estimate of drug-likeness (QED) is 0.860. The molecular weight excluding hydrogens is 296 g/mol. The van der Waals surface area contributed by atoms with Gasteiger partial charge in [0.15, 0.2) is 0 Å². The van der Waals surface area contributed by atoms with Crippen molar-refractivity contribution in [2.45, 2.75) is 13.3 Å². The van der Waals surface area contributed by atoms with Crippen LogP contribution in [0.4, 0.5) is 5.82 Å². The minimum Gasteiger partial charge on any atom is -0.370 e. The molecule has 2 aromatic rings. The van der Waals surface area contributed by atoms with Crippen molar-refractivity contribution in [3.8, 4) is 0 Å². The first kappa shape index (κ1) is 14.7. The highest BCUT2D eigenvalue weighted by Crippen LogP contribution is 2.17. The lowest BCUT2D eigenvalue weighted by Gasteiger charge is -2.08. The number of rotatable bonds is 6. The van der Waals surface area contributed by atoms with E-state index >= 15 is 0 Å². The van der Waals surface area contributed by atoms with E-state index in [1.165, 1.54) is 6.20 Å². The molecule has 106 valence electrons. The minimum atomic E-state index is -0.201. The van der Waals surface area contributed by atoms with Crippen LogP contribution in [0, 0.1) is 0 Å². The maximum absolute atomic E-state index is 12.1. The first-order valence-corrected chi connectivity index (χ1v) is 7.52. The maximum Gasteiger partial charge on any atom is 0.253 e. The largest absolute Gasteiger partial charge is 0.370 e. The number of hydrogen-bond acceptors (Lipinski definition) is 5. The number of carbonyl (C=O) groups excluding carboxylic acids is 1. The molecule has 0 saturated heterocycles. The fraction of sp³-hybridized carbons (Fsp3) is 0.308. The molecule has 0 bridgehead atoms. The standard InChI is InChI=1S/C13H15ClN4OS/c1-2-15-11-7-9(10(14)8-18-11)13(19)17-4-3-12-16-5-6-20-12/h5-8H,2-4H2,1H3,(H,15,18)(H,17,19). The van der Waals surface area contributed by atoms with Gasteiger partial charge in [0.2, 0.25) is 0 Å². The van der Waals surface area contributed by atoms with Gasteiger partial charge in [0.25, 0.3) is 5.91 Å². The molecule has 0 atom stereocenters. The smallest absolute Gasteiger partial charge is 0.253 e. The highest BCUT2D eigenvalue weighted by atomic mass is 35.5. The van der Waals surface area contributed by atoms with Crippen LogP contribution < -0.4 is 10.6 Å². The SMILES string of the molecule is CCNc1cc(C(=O)NCCc2nccs2)c(Cl)cn1. The van der Waals surface area contributed by atoms with Crippen LogP contribution in [0.1, 0.15) is 22.3 Å². The zero-order valence-electron chi connectivity index (χ0n) is 11.0. The van der Waals surface area contributed by atoms with E-state index in [9.17, 15) is 4.79 Å². The number of halogens is 1. The van der Waals surface area contributed by atoms with Crippen molar-refractivity contribution >= 4 is 34.7 Å². The van der Waals surface area contributed by atoms with Gasteiger partial charge in [-0.1, -0.05) is 11.6 Å². The molecule has 2 aromatic heterocycles. The molecule has 20 heavy (non-hydrogen) atoms. The summed E-state index contributed by atoms with van der Waals surface area (Å²) in [4.78, 5) is 20.3. The first-order valence-electron chi connectivity index (χ1n) is 6.26. The van der Waals surface area contributed by atoms with Crippen molar-refractivity contribution in [1.29, 1.82) is 0 Å². The monoisotopic (exact) mass is 310 g/mol. The van der Waals surface area contributed by atoms with Gasteiger partial charge in [0, 0.05) is 37.3 Å². The third-order valence-corrected chi connectivity index (χ3v) is 3.71. The molecule has 5 nitrogen and oxygen atoms in total. The lowest BCUT2D eigenvalue weighted by atomic mass is 10.2. The lowest BCUT2D eigenvalue weighted by molar-refractivity contribution is 0.0954. The van der Waals surface area contributed by atoms with E-state index in [1.54, 1.807) is 23.6 Å². The number of nitrogens with zero attached hydrogens (tertiary/aromatic N) is 2. The molecule has 0 spiro atoms. The number of anilines is 1. The van der Waals surface area contributed by atoms with Crippen LogP contribution in [0.15, 0.2) is 23.8 Å². The zero-order valence-corrected chi connectivity index (χ0v) is 12.6. The normalized spacial score (nSPS) is 10.3. The van der Waals surface area contributed by atoms with Gasteiger partial charge in [-0.15, -0.1) is 11.3 Å². The molecule has 0 unspecified atom stereocenters. The van der Waals surface area contributed by atoms with Crippen LogP contribution >= 0.6 is 22.9 Å². The van der Waals surface area contributed by atoms with E-state index < -0.39 is 0 Å². The van der Waals surface area contributed by atoms with E-state index in [0.29, 0.717) is 29.4 Å². The van der Waals surface area contributed by atoms with Crippen molar-refractivity contribution < 1.29 is 4.79 Å². The van der Waals surface area contributed by atoms with E-state index in [-0.39, 0.29) is 5.91 Å².